The van der Waals surface area contributed by atoms with Crippen molar-refractivity contribution in [2.75, 3.05) is 6.61 Å². The van der Waals surface area contributed by atoms with Crippen LogP contribution in [0.25, 0.3) is 0 Å². The predicted octanol–water partition coefficient (Wildman–Crippen LogP) is 4.00. The van der Waals surface area contributed by atoms with Crippen molar-refractivity contribution in [2.45, 2.75) is 6.54 Å². The van der Waals surface area contributed by atoms with Crippen molar-refractivity contribution in [2.24, 2.45) is 0 Å². The zero-order chi connectivity index (χ0) is 14.5. The number of halogens is 3. The highest BCUT2D eigenvalue weighted by Crippen LogP contribution is 2.22. The van der Waals surface area contributed by atoms with Gasteiger partial charge in [0.1, 0.15) is 0 Å². The van der Waals surface area contributed by atoms with Gasteiger partial charge in [-0.1, -0.05) is 27.5 Å². The van der Waals surface area contributed by atoms with Gasteiger partial charge in [-0.25, -0.2) is 4.39 Å². The van der Waals surface area contributed by atoms with Crippen LogP contribution in [-0.2, 0) is 11.3 Å². The average Bonchev–Trinajstić information content (AvgIpc) is 2.81. The van der Waals surface area contributed by atoms with Gasteiger partial charge in [0.2, 0.25) is 0 Å². The Morgan fingerprint density at radius 1 is 1.40 bits per heavy atom. The van der Waals surface area contributed by atoms with Crippen LogP contribution < -0.4 is 10.1 Å². The minimum absolute atomic E-state index is 0.0440. The zero-order valence-electron chi connectivity index (χ0n) is 10.2. The monoisotopic (exact) mass is 377 g/mol. The summed E-state index contributed by atoms with van der Waals surface area (Å²) in [6, 6.07) is 7.99. The smallest absolute Gasteiger partial charge is 0.258 e. The second kappa shape index (κ2) is 7.06. The van der Waals surface area contributed by atoms with E-state index in [0.29, 0.717) is 15.4 Å². The Morgan fingerprint density at radius 3 is 2.85 bits per heavy atom. The number of benzene rings is 1. The van der Waals surface area contributed by atoms with Gasteiger partial charge in [-0.15, -0.1) is 11.3 Å². The van der Waals surface area contributed by atoms with E-state index < -0.39 is 5.82 Å². The molecule has 1 aromatic heterocycles. The van der Waals surface area contributed by atoms with Crippen LogP contribution in [0, 0.1) is 5.82 Å². The number of nitrogens with one attached hydrogen (secondary N) is 1. The minimum atomic E-state index is -0.516. The summed E-state index contributed by atoms with van der Waals surface area (Å²) in [7, 11) is 0. The highest BCUT2D eigenvalue weighted by Gasteiger charge is 2.08. The van der Waals surface area contributed by atoms with E-state index >= 15 is 0 Å². The summed E-state index contributed by atoms with van der Waals surface area (Å²) in [4.78, 5) is 12.5. The first-order valence-corrected chi connectivity index (χ1v) is 7.62. The first-order valence-electron chi connectivity index (χ1n) is 5.63. The van der Waals surface area contributed by atoms with Gasteiger partial charge in [0.15, 0.2) is 18.2 Å². The molecule has 0 aliphatic rings. The predicted molar refractivity (Wildman–Crippen MR) is 80.8 cm³/mol. The summed E-state index contributed by atoms with van der Waals surface area (Å²) in [5.74, 6) is -0.795. The lowest BCUT2D eigenvalue weighted by molar-refractivity contribution is -0.123. The summed E-state index contributed by atoms with van der Waals surface area (Å²) >= 11 is 10.3. The van der Waals surface area contributed by atoms with Gasteiger partial charge in [-0.2, -0.15) is 0 Å². The summed E-state index contributed by atoms with van der Waals surface area (Å²) in [5, 5.41) is 2.67. The third-order valence-corrected chi connectivity index (χ3v) is 4.07. The van der Waals surface area contributed by atoms with E-state index in [9.17, 15) is 9.18 Å². The normalized spacial score (nSPS) is 10.3. The molecule has 1 amide bonds. The fourth-order valence-corrected chi connectivity index (χ4v) is 2.78. The van der Waals surface area contributed by atoms with Gasteiger partial charge in [0.05, 0.1) is 10.9 Å². The Kier molecular flexibility index (Phi) is 5.39. The lowest BCUT2D eigenvalue weighted by Gasteiger charge is -2.07. The Bertz CT molecular complexity index is 620. The average molecular weight is 379 g/mol. The Hall–Kier alpha value is -1.11. The van der Waals surface area contributed by atoms with Crippen LogP contribution in [-0.4, -0.2) is 12.5 Å². The number of rotatable bonds is 5. The fraction of sp³-hybridized carbons (Fsp3) is 0.154. The van der Waals surface area contributed by atoms with Gasteiger partial charge >= 0.3 is 0 Å². The first-order chi connectivity index (χ1) is 9.54. The van der Waals surface area contributed by atoms with Gasteiger partial charge in [0, 0.05) is 9.35 Å². The van der Waals surface area contributed by atoms with Crippen molar-refractivity contribution >= 4 is 44.8 Å². The molecule has 1 N–H and O–H groups in total. The van der Waals surface area contributed by atoms with Crippen molar-refractivity contribution in [3.05, 3.63) is 49.8 Å². The van der Waals surface area contributed by atoms with Crippen LogP contribution in [0.1, 0.15) is 4.88 Å². The molecule has 0 unspecified atom stereocenters. The van der Waals surface area contributed by atoms with Crippen molar-refractivity contribution in [1.82, 2.24) is 5.32 Å². The molecule has 0 aliphatic heterocycles. The molecule has 1 heterocycles. The van der Waals surface area contributed by atoms with E-state index in [-0.39, 0.29) is 18.3 Å². The molecule has 0 aliphatic carbocycles. The van der Waals surface area contributed by atoms with Crippen molar-refractivity contribution in [3.8, 4) is 5.75 Å². The second-order valence-electron chi connectivity index (χ2n) is 3.85. The molecule has 2 aromatic rings. The van der Waals surface area contributed by atoms with E-state index in [4.69, 9.17) is 16.3 Å². The van der Waals surface area contributed by atoms with Crippen LogP contribution >= 0.6 is 38.9 Å². The third kappa shape index (κ3) is 4.47. The molecular weight excluding hydrogens is 369 g/mol. The van der Waals surface area contributed by atoms with E-state index in [1.54, 1.807) is 12.1 Å². The number of ether oxygens (including phenoxy) is 1. The molecule has 1 aromatic carbocycles. The zero-order valence-corrected chi connectivity index (χ0v) is 13.3. The standard InChI is InChI=1S/C13H10BrClFNO2S/c14-8-1-3-11(10(16)5-8)19-7-13(18)17-6-9-2-4-12(15)20-9/h1-5H,6-7H2,(H,17,18). The van der Waals surface area contributed by atoms with Crippen molar-refractivity contribution in [3.63, 3.8) is 0 Å². The molecule has 0 spiro atoms. The van der Waals surface area contributed by atoms with Crippen LogP contribution in [0.15, 0.2) is 34.8 Å². The maximum absolute atomic E-state index is 13.5. The van der Waals surface area contributed by atoms with Gasteiger partial charge in [0.25, 0.3) is 5.91 Å². The summed E-state index contributed by atoms with van der Waals surface area (Å²) in [6.45, 7) is 0.139. The maximum Gasteiger partial charge on any atom is 0.258 e. The molecule has 3 nitrogen and oxygen atoms in total. The fourth-order valence-electron chi connectivity index (χ4n) is 1.42. The van der Waals surface area contributed by atoms with E-state index in [0.717, 1.165) is 4.88 Å². The molecule has 0 atom stereocenters. The second-order valence-corrected chi connectivity index (χ2v) is 6.56. The number of carbonyl (C=O) groups excluding carboxylic acids is 1. The molecule has 20 heavy (non-hydrogen) atoms. The van der Waals surface area contributed by atoms with E-state index in [2.05, 4.69) is 21.2 Å². The summed E-state index contributed by atoms with van der Waals surface area (Å²) < 4.78 is 19.9. The lowest BCUT2D eigenvalue weighted by atomic mass is 10.3. The number of carbonyl (C=O) groups is 1. The minimum Gasteiger partial charge on any atom is -0.481 e. The summed E-state index contributed by atoms with van der Waals surface area (Å²) in [6.07, 6.45) is 0. The Balaban J connectivity index is 1.80. The largest absolute Gasteiger partial charge is 0.481 e. The molecule has 2 rings (SSSR count). The lowest BCUT2D eigenvalue weighted by Crippen LogP contribution is -2.28. The van der Waals surface area contributed by atoms with E-state index in [1.807, 2.05) is 6.07 Å². The third-order valence-electron chi connectivity index (χ3n) is 2.34. The van der Waals surface area contributed by atoms with Crippen LogP contribution in [0.3, 0.4) is 0 Å². The molecule has 0 saturated carbocycles. The quantitative estimate of drug-likeness (QED) is 0.854. The highest BCUT2D eigenvalue weighted by atomic mass is 79.9. The highest BCUT2D eigenvalue weighted by molar-refractivity contribution is 9.10. The molecule has 0 bridgehead atoms. The number of hydrogen-bond acceptors (Lipinski definition) is 3. The van der Waals surface area contributed by atoms with Gasteiger partial charge in [-0.05, 0) is 30.3 Å². The number of amides is 1. The molecule has 7 heteroatoms. The van der Waals surface area contributed by atoms with Crippen LogP contribution in [0.4, 0.5) is 4.39 Å². The van der Waals surface area contributed by atoms with Crippen LogP contribution in [0.2, 0.25) is 4.34 Å². The molecular formula is C13H10BrClFNO2S. The molecule has 0 saturated heterocycles. The Morgan fingerprint density at radius 2 is 2.20 bits per heavy atom. The number of thiophene rings is 1. The molecule has 106 valence electrons. The molecule has 0 fully saturated rings. The van der Waals surface area contributed by atoms with Crippen molar-refractivity contribution in [1.29, 1.82) is 0 Å². The SMILES string of the molecule is O=C(COc1ccc(Br)cc1F)NCc1ccc(Cl)s1. The summed E-state index contributed by atoms with van der Waals surface area (Å²) in [5.41, 5.74) is 0. The molecule has 0 radical (unpaired) electrons. The first kappa shape index (κ1) is 15.3. The van der Waals surface area contributed by atoms with Crippen LogP contribution in [0.5, 0.6) is 5.75 Å². The van der Waals surface area contributed by atoms with Crippen molar-refractivity contribution < 1.29 is 13.9 Å². The van der Waals surface area contributed by atoms with Gasteiger partial charge < -0.3 is 10.1 Å². The topological polar surface area (TPSA) is 38.3 Å². The van der Waals surface area contributed by atoms with E-state index in [1.165, 1.54) is 23.5 Å². The number of hydrogen-bond donors (Lipinski definition) is 1. The van der Waals surface area contributed by atoms with Gasteiger partial charge in [-0.3, -0.25) is 4.79 Å². The Labute approximate surface area is 132 Å². The maximum atomic E-state index is 13.5.